The van der Waals surface area contributed by atoms with E-state index in [9.17, 15) is 4.39 Å². The monoisotopic (exact) mass is 568 g/mol. The van der Waals surface area contributed by atoms with Gasteiger partial charge in [0.25, 0.3) is 0 Å². The van der Waals surface area contributed by atoms with Crippen molar-refractivity contribution >= 4 is 0 Å². The van der Waals surface area contributed by atoms with Gasteiger partial charge in [0.05, 0.1) is 13.2 Å². The second kappa shape index (κ2) is 15.3. The predicted octanol–water partition coefficient (Wildman–Crippen LogP) is 10.3. The second-order valence-corrected chi connectivity index (χ2v) is 10.8. The van der Waals surface area contributed by atoms with Crippen LogP contribution in [0.2, 0.25) is 0 Å². The Morgan fingerprint density at radius 3 is 1.78 bits per heavy atom. The third-order valence-electron chi connectivity index (χ3n) is 7.79. The Hall–Kier alpha value is -2.96. The van der Waals surface area contributed by atoms with Crippen LogP contribution >= 0.6 is 0 Å². The van der Waals surface area contributed by atoms with Crippen molar-refractivity contribution < 1.29 is 27.0 Å². The van der Waals surface area contributed by atoms with E-state index in [4.69, 9.17) is 9.47 Å². The summed E-state index contributed by atoms with van der Waals surface area (Å²) < 4.78 is 71.2. The topological polar surface area (TPSA) is 18.5 Å². The molecule has 0 bridgehead atoms. The van der Waals surface area contributed by atoms with Crippen LogP contribution in [0, 0.1) is 23.3 Å². The summed E-state index contributed by atoms with van der Waals surface area (Å²) in [6.07, 6.45) is 12.7. The first-order valence-corrected chi connectivity index (χ1v) is 14.9. The number of aryl methyl sites for hydroxylation is 1. The molecule has 0 N–H and O–H groups in total. The standard InChI is InChI=1S/C35H40F4O2/c1-3-5-6-7-8-9-10-11-13-26-18-19-28(33(37)32(26)36)24-14-16-25(17-15-24)29-20-21-30(35(39)34(29)38)27-22-40-31(12-4-2)41-23-27/h4,12,14-21,27,31H,3,5-11,13,22-23H2,1-2H3/b12-4+. The van der Waals surface area contributed by atoms with Gasteiger partial charge in [-0.15, -0.1) is 0 Å². The van der Waals surface area contributed by atoms with Crippen molar-refractivity contribution in [1.82, 2.24) is 0 Å². The van der Waals surface area contributed by atoms with Crippen LogP contribution in [-0.4, -0.2) is 19.5 Å². The SMILES string of the molecule is C/C=C/C1OCC(c2ccc(-c3ccc(-c4ccc(CCCCCCCCCC)c(F)c4F)cc3)c(F)c2F)CO1. The molecule has 0 atom stereocenters. The molecule has 0 amide bonds. The average molecular weight is 569 g/mol. The van der Waals surface area contributed by atoms with Crippen LogP contribution in [0.3, 0.4) is 0 Å². The minimum absolute atomic E-state index is 0.0922. The first-order chi connectivity index (χ1) is 19.9. The van der Waals surface area contributed by atoms with Gasteiger partial charge in [0, 0.05) is 17.0 Å². The summed E-state index contributed by atoms with van der Waals surface area (Å²) in [6, 6.07) is 12.7. The van der Waals surface area contributed by atoms with Crippen LogP contribution in [0.5, 0.6) is 0 Å². The molecule has 1 heterocycles. The molecule has 1 fully saturated rings. The molecule has 0 unspecified atom stereocenters. The highest BCUT2D eigenvalue weighted by molar-refractivity contribution is 5.71. The van der Waals surface area contributed by atoms with E-state index < -0.39 is 35.5 Å². The zero-order valence-corrected chi connectivity index (χ0v) is 24.0. The molecule has 0 aliphatic carbocycles. The number of hydrogen-bond acceptors (Lipinski definition) is 2. The Balaban J connectivity index is 1.39. The summed E-state index contributed by atoms with van der Waals surface area (Å²) >= 11 is 0. The van der Waals surface area contributed by atoms with E-state index in [0.29, 0.717) is 23.1 Å². The van der Waals surface area contributed by atoms with Crippen molar-refractivity contribution in [2.75, 3.05) is 13.2 Å². The van der Waals surface area contributed by atoms with Crippen molar-refractivity contribution in [1.29, 1.82) is 0 Å². The van der Waals surface area contributed by atoms with Gasteiger partial charge in [-0.1, -0.05) is 106 Å². The minimum atomic E-state index is -0.964. The van der Waals surface area contributed by atoms with E-state index >= 15 is 13.2 Å². The third-order valence-corrected chi connectivity index (χ3v) is 7.79. The fourth-order valence-corrected chi connectivity index (χ4v) is 5.35. The highest BCUT2D eigenvalue weighted by Gasteiger charge is 2.27. The predicted molar refractivity (Wildman–Crippen MR) is 157 cm³/mol. The number of rotatable bonds is 13. The van der Waals surface area contributed by atoms with E-state index in [2.05, 4.69) is 6.92 Å². The van der Waals surface area contributed by atoms with E-state index in [-0.39, 0.29) is 29.9 Å². The highest BCUT2D eigenvalue weighted by Crippen LogP contribution is 2.34. The lowest BCUT2D eigenvalue weighted by atomic mass is 9.94. The summed E-state index contributed by atoms with van der Waals surface area (Å²) in [5.41, 5.74) is 1.73. The summed E-state index contributed by atoms with van der Waals surface area (Å²) in [4.78, 5) is 0. The molecule has 0 saturated carbocycles. The molecule has 4 rings (SSSR count). The lowest BCUT2D eigenvalue weighted by Crippen LogP contribution is -2.30. The lowest BCUT2D eigenvalue weighted by molar-refractivity contribution is -0.159. The normalized spacial score (nSPS) is 17.4. The van der Waals surface area contributed by atoms with Gasteiger partial charge in [-0.2, -0.15) is 0 Å². The first kappa shape index (κ1) is 31.0. The largest absolute Gasteiger partial charge is 0.348 e. The Bertz CT molecular complexity index is 1290. The molecule has 0 aromatic heterocycles. The number of unbranched alkanes of at least 4 members (excludes halogenated alkanes) is 7. The molecule has 2 nitrogen and oxygen atoms in total. The number of benzene rings is 3. The molecule has 1 saturated heterocycles. The molecular formula is C35H40F4O2. The van der Waals surface area contributed by atoms with Crippen LogP contribution < -0.4 is 0 Å². The smallest absolute Gasteiger partial charge is 0.176 e. The molecule has 1 aliphatic rings. The Morgan fingerprint density at radius 2 is 1.20 bits per heavy atom. The summed E-state index contributed by atoms with van der Waals surface area (Å²) in [6.45, 7) is 4.49. The van der Waals surface area contributed by atoms with Crippen LogP contribution in [0.25, 0.3) is 22.3 Å². The molecule has 3 aromatic carbocycles. The van der Waals surface area contributed by atoms with Crippen LogP contribution in [-0.2, 0) is 15.9 Å². The molecular weight excluding hydrogens is 528 g/mol. The maximum absolute atomic E-state index is 15.1. The van der Waals surface area contributed by atoms with Gasteiger partial charge in [0.15, 0.2) is 29.6 Å². The van der Waals surface area contributed by atoms with Crippen molar-refractivity contribution in [3.8, 4) is 22.3 Å². The van der Waals surface area contributed by atoms with Gasteiger partial charge < -0.3 is 9.47 Å². The van der Waals surface area contributed by atoms with E-state index in [1.165, 1.54) is 38.2 Å². The Morgan fingerprint density at radius 1 is 0.659 bits per heavy atom. The molecule has 1 aliphatic heterocycles. The van der Waals surface area contributed by atoms with Gasteiger partial charge in [-0.25, -0.2) is 17.6 Å². The lowest BCUT2D eigenvalue weighted by Gasteiger charge is -2.28. The van der Waals surface area contributed by atoms with Crippen LogP contribution in [0.4, 0.5) is 17.6 Å². The van der Waals surface area contributed by atoms with Crippen molar-refractivity contribution in [2.45, 2.75) is 83.8 Å². The van der Waals surface area contributed by atoms with Crippen LogP contribution in [0.1, 0.15) is 82.3 Å². The molecule has 0 radical (unpaired) electrons. The number of hydrogen-bond donors (Lipinski definition) is 0. The number of ether oxygens (including phenoxy) is 2. The maximum atomic E-state index is 15.1. The van der Waals surface area contributed by atoms with Gasteiger partial charge in [-0.05, 0) is 48.1 Å². The first-order valence-electron chi connectivity index (χ1n) is 14.9. The fraction of sp³-hybridized carbons (Fsp3) is 0.429. The Kier molecular flexibility index (Phi) is 11.6. The molecule has 0 spiro atoms. The van der Waals surface area contributed by atoms with Crippen molar-refractivity contribution in [2.24, 2.45) is 0 Å². The quantitative estimate of drug-likeness (QED) is 0.116. The Labute approximate surface area is 241 Å². The molecule has 41 heavy (non-hydrogen) atoms. The fourth-order valence-electron chi connectivity index (χ4n) is 5.35. The van der Waals surface area contributed by atoms with Gasteiger partial charge in [0.1, 0.15) is 0 Å². The van der Waals surface area contributed by atoms with Crippen molar-refractivity contribution in [3.63, 3.8) is 0 Å². The third kappa shape index (κ3) is 7.87. The number of allylic oxidation sites excluding steroid dienone is 1. The van der Waals surface area contributed by atoms with E-state index in [1.54, 1.807) is 48.5 Å². The number of halogens is 4. The van der Waals surface area contributed by atoms with Crippen molar-refractivity contribution in [3.05, 3.63) is 95.1 Å². The molecule has 3 aromatic rings. The molecule has 6 heteroatoms. The van der Waals surface area contributed by atoms with Gasteiger partial charge in [0.2, 0.25) is 0 Å². The molecule has 220 valence electrons. The van der Waals surface area contributed by atoms with Gasteiger partial charge >= 0.3 is 0 Å². The zero-order chi connectivity index (χ0) is 29.2. The minimum Gasteiger partial charge on any atom is -0.348 e. The highest BCUT2D eigenvalue weighted by atomic mass is 19.2. The zero-order valence-electron chi connectivity index (χ0n) is 24.0. The second-order valence-electron chi connectivity index (χ2n) is 10.8. The van der Waals surface area contributed by atoms with Gasteiger partial charge in [-0.3, -0.25) is 0 Å². The summed E-state index contributed by atoms with van der Waals surface area (Å²) in [5.74, 6) is -4.02. The van der Waals surface area contributed by atoms with E-state index in [1.807, 2.05) is 13.0 Å². The summed E-state index contributed by atoms with van der Waals surface area (Å²) in [5, 5.41) is 0. The van der Waals surface area contributed by atoms with E-state index in [0.717, 1.165) is 19.3 Å². The van der Waals surface area contributed by atoms with Crippen LogP contribution in [0.15, 0.2) is 60.7 Å². The maximum Gasteiger partial charge on any atom is 0.176 e. The average Bonchev–Trinajstić information content (AvgIpc) is 2.99. The summed E-state index contributed by atoms with van der Waals surface area (Å²) in [7, 11) is 0.